The summed E-state index contributed by atoms with van der Waals surface area (Å²) in [6, 6.07) is 0.815. The lowest BCUT2D eigenvalue weighted by atomic mass is 10.2. The van der Waals surface area contributed by atoms with Crippen LogP contribution in [0.1, 0.15) is 12.8 Å². The standard InChI is InChI=1S/C6H12BrN.BrH/c1-8-4-2-3-6(8)5-7;/h6H,2-5H2,1H3;1H. The van der Waals surface area contributed by atoms with E-state index in [2.05, 4.69) is 27.9 Å². The maximum Gasteiger partial charge on any atom is 0.0190 e. The van der Waals surface area contributed by atoms with Crippen LogP contribution in [0.4, 0.5) is 0 Å². The smallest absolute Gasteiger partial charge is 0.0190 e. The fourth-order valence-electron chi connectivity index (χ4n) is 1.17. The van der Waals surface area contributed by atoms with E-state index in [1.54, 1.807) is 0 Å². The molecule has 0 aromatic heterocycles. The second-order valence-corrected chi connectivity index (χ2v) is 3.08. The molecule has 0 aromatic rings. The molecule has 1 unspecified atom stereocenters. The van der Waals surface area contributed by atoms with Gasteiger partial charge in [0.15, 0.2) is 0 Å². The Bertz CT molecular complexity index is 77.5. The molecule has 0 aromatic carbocycles. The van der Waals surface area contributed by atoms with Crippen molar-refractivity contribution in [3.8, 4) is 0 Å². The highest BCUT2D eigenvalue weighted by Gasteiger charge is 2.18. The molecule has 0 radical (unpaired) electrons. The monoisotopic (exact) mass is 257 g/mol. The van der Waals surface area contributed by atoms with Gasteiger partial charge in [0.05, 0.1) is 0 Å². The molecule has 9 heavy (non-hydrogen) atoms. The normalized spacial score (nSPS) is 28.0. The Morgan fingerprint density at radius 3 is 2.56 bits per heavy atom. The average molecular weight is 259 g/mol. The summed E-state index contributed by atoms with van der Waals surface area (Å²) in [6.07, 6.45) is 2.76. The Kier molecular flexibility index (Phi) is 5.17. The second kappa shape index (κ2) is 4.69. The molecule has 0 saturated carbocycles. The summed E-state index contributed by atoms with van der Waals surface area (Å²) in [5, 5.41) is 1.14. The van der Waals surface area contributed by atoms with Crippen molar-refractivity contribution in [3.63, 3.8) is 0 Å². The van der Waals surface area contributed by atoms with E-state index in [4.69, 9.17) is 0 Å². The Balaban J connectivity index is 0.000000640. The first-order valence-corrected chi connectivity index (χ1v) is 4.23. The van der Waals surface area contributed by atoms with Crippen molar-refractivity contribution in [1.29, 1.82) is 0 Å². The van der Waals surface area contributed by atoms with Crippen LogP contribution >= 0.6 is 32.9 Å². The van der Waals surface area contributed by atoms with E-state index in [1.807, 2.05) is 0 Å². The molecule has 3 heteroatoms. The van der Waals surface area contributed by atoms with Crippen LogP contribution < -0.4 is 0 Å². The molecule has 0 N–H and O–H groups in total. The van der Waals surface area contributed by atoms with Crippen LogP contribution in [0.3, 0.4) is 0 Å². The Morgan fingerprint density at radius 1 is 1.67 bits per heavy atom. The van der Waals surface area contributed by atoms with E-state index in [0.717, 1.165) is 11.4 Å². The molecule has 0 spiro atoms. The topological polar surface area (TPSA) is 3.24 Å². The molecule has 1 aliphatic rings. The van der Waals surface area contributed by atoms with Crippen molar-refractivity contribution in [2.24, 2.45) is 0 Å². The van der Waals surface area contributed by atoms with Crippen LogP contribution in [-0.4, -0.2) is 29.9 Å². The molecule has 1 nitrogen and oxygen atoms in total. The predicted octanol–water partition coefficient (Wildman–Crippen LogP) is 2.05. The van der Waals surface area contributed by atoms with Crippen LogP contribution in [0.15, 0.2) is 0 Å². The lowest BCUT2D eigenvalue weighted by molar-refractivity contribution is 0.336. The molecule has 56 valence electrons. The van der Waals surface area contributed by atoms with Gasteiger partial charge in [0.25, 0.3) is 0 Å². The maximum atomic E-state index is 3.47. The molecule has 1 atom stereocenters. The number of halogens is 2. The van der Waals surface area contributed by atoms with E-state index in [1.165, 1.54) is 19.4 Å². The zero-order valence-electron chi connectivity index (χ0n) is 5.64. The van der Waals surface area contributed by atoms with Gasteiger partial charge in [-0.15, -0.1) is 17.0 Å². The Hall–Kier alpha value is 0.920. The number of hydrogen-bond acceptors (Lipinski definition) is 1. The molecule has 1 rings (SSSR count). The summed E-state index contributed by atoms with van der Waals surface area (Å²) in [5.41, 5.74) is 0. The van der Waals surface area contributed by atoms with Crippen molar-refractivity contribution in [2.75, 3.05) is 18.9 Å². The molecule has 1 aliphatic heterocycles. The molecular formula is C6H13Br2N. The summed E-state index contributed by atoms with van der Waals surface area (Å²) >= 11 is 3.47. The average Bonchev–Trinajstić information content (AvgIpc) is 2.14. The van der Waals surface area contributed by atoms with Gasteiger partial charge in [-0.3, -0.25) is 0 Å². The zero-order valence-corrected chi connectivity index (χ0v) is 8.94. The van der Waals surface area contributed by atoms with Gasteiger partial charge in [-0.1, -0.05) is 15.9 Å². The van der Waals surface area contributed by atoms with Crippen LogP contribution in [-0.2, 0) is 0 Å². The fourth-order valence-corrected chi connectivity index (χ4v) is 1.99. The van der Waals surface area contributed by atoms with Gasteiger partial charge in [-0.2, -0.15) is 0 Å². The largest absolute Gasteiger partial charge is 0.303 e. The summed E-state index contributed by atoms with van der Waals surface area (Å²) in [6.45, 7) is 1.29. The van der Waals surface area contributed by atoms with Crippen LogP contribution in [0.5, 0.6) is 0 Å². The second-order valence-electron chi connectivity index (χ2n) is 2.43. The number of nitrogens with zero attached hydrogens (tertiary/aromatic N) is 1. The van der Waals surface area contributed by atoms with E-state index >= 15 is 0 Å². The molecule has 1 heterocycles. The minimum atomic E-state index is 0. The number of alkyl halides is 1. The summed E-state index contributed by atoms with van der Waals surface area (Å²) in [7, 11) is 2.19. The van der Waals surface area contributed by atoms with Crippen molar-refractivity contribution in [1.82, 2.24) is 4.90 Å². The van der Waals surface area contributed by atoms with Crippen molar-refractivity contribution in [3.05, 3.63) is 0 Å². The highest BCUT2D eigenvalue weighted by atomic mass is 79.9. The predicted molar refractivity (Wildman–Crippen MR) is 49.8 cm³/mol. The molecular weight excluding hydrogens is 246 g/mol. The van der Waals surface area contributed by atoms with Crippen LogP contribution in [0.2, 0.25) is 0 Å². The van der Waals surface area contributed by atoms with Gasteiger partial charge in [0.2, 0.25) is 0 Å². The van der Waals surface area contributed by atoms with Gasteiger partial charge in [0, 0.05) is 11.4 Å². The van der Waals surface area contributed by atoms with Gasteiger partial charge >= 0.3 is 0 Å². The van der Waals surface area contributed by atoms with Crippen LogP contribution in [0, 0.1) is 0 Å². The van der Waals surface area contributed by atoms with Crippen LogP contribution in [0.25, 0.3) is 0 Å². The summed E-state index contributed by atoms with van der Waals surface area (Å²) < 4.78 is 0. The summed E-state index contributed by atoms with van der Waals surface area (Å²) in [5.74, 6) is 0. The highest BCUT2D eigenvalue weighted by Crippen LogP contribution is 2.15. The minimum absolute atomic E-state index is 0. The number of likely N-dealkylation sites (tertiary alicyclic amines) is 1. The molecule has 0 amide bonds. The van der Waals surface area contributed by atoms with E-state index in [9.17, 15) is 0 Å². The van der Waals surface area contributed by atoms with Gasteiger partial charge in [-0.05, 0) is 26.4 Å². The molecule has 0 bridgehead atoms. The van der Waals surface area contributed by atoms with E-state index in [0.29, 0.717) is 0 Å². The fraction of sp³-hybridized carbons (Fsp3) is 1.00. The SMILES string of the molecule is Br.CN1CCCC1CBr. The summed E-state index contributed by atoms with van der Waals surface area (Å²) in [4.78, 5) is 2.41. The molecule has 1 saturated heterocycles. The van der Waals surface area contributed by atoms with E-state index < -0.39 is 0 Å². The third-order valence-electron chi connectivity index (χ3n) is 1.85. The minimum Gasteiger partial charge on any atom is -0.303 e. The van der Waals surface area contributed by atoms with Crippen molar-refractivity contribution < 1.29 is 0 Å². The first-order chi connectivity index (χ1) is 3.84. The first-order valence-electron chi connectivity index (χ1n) is 3.11. The Labute approximate surface area is 75.7 Å². The van der Waals surface area contributed by atoms with E-state index in [-0.39, 0.29) is 17.0 Å². The van der Waals surface area contributed by atoms with Gasteiger partial charge in [-0.25, -0.2) is 0 Å². The molecule has 0 aliphatic carbocycles. The van der Waals surface area contributed by atoms with Gasteiger partial charge in [0.1, 0.15) is 0 Å². The number of hydrogen-bond donors (Lipinski definition) is 0. The third kappa shape index (κ3) is 2.56. The third-order valence-corrected chi connectivity index (χ3v) is 2.60. The van der Waals surface area contributed by atoms with Gasteiger partial charge < -0.3 is 4.90 Å². The van der Waals surface area contributed by atoms with Crippen molar-refractivity contribution in [2.45, 2.75) is 18.9 Å². The zero-order chi connectivity index (χ0) is 5.98. The highest BCUT2D eigenvalue weighted by molar-refractivity contribution is 9.09. The Morgan fingerprint density at radius 2 is 2.33 bits per heavy atom. The quantitative estimate of drug-likeness (QED) is 0.651. The maximum absolute atomic E-state index is 3.47. The number of rotatable bonds is 1. The van der Waals surface area contributed by atoms with Crippen molar-refractivity contribution >= 4 is 32.9 Å². The molecule has 1 fully saturated rings. The first kappa shape index (κ1) is 9.92. The lowest BCUT2D eigenvalue weighted by Gasteiger charge is -2.15. The lowest BCUT2D eigenvalue weighted by Crippen LogP contribution is -2.25.